The van der Waals surface area contributed by atoms with Crippen molar-refractivity contribution in [3.63, 3.8) is 0 Å². The number of benzene rings is 4. The Hall–Kier alpha value is -4.85. The molecular weight excluding hydrogens is 450 g/mol. The van der Waals surface area contributed by atoms with Crippen LogP contribution in [0.15, 0.2) is 97.1 Å². The second-order valence-electron chi connectivity index (χ2n) is 7.70. The van der Waals surface area contributed by atoms with Crippen molar-refractivity contribution in [2.24, 2.45) is 0 Å². The van der Waals surface area contributed by atoms with Crippen LogP contribution in [0.3, 0.4) is 0 Å². The van der Waals surface area contributed by atoms with E-state index in [2.05, 4.69) is 0 Å². The number of ether oxygens (including phenoxy) is 4. The summed E-state index contributed by atoms with van der Waals surface area (Å²) in [6, 6.07) is 27.2. The number of carbonyl (C=O) groups excluding carboxylic acids is 1. The maximum Gasteiger partial charge on any atom is 0.343 e. The topological polar surface area (TPSA) is 97.1 Å². The molecule has 0 saturated carbocycles. The van der Waals surface area contributed by atoms with Crippen molar-refractivity contribution >= 4 is 11.7 Å². The smallest absolute Gasteiger partial charge is 0.343 e. The number of hydrogen-bond acceptors (Lipinski definition) is 7. The summed E-state index contributed by atoms with van der Waals surface area (Å²) in [7, 11) is 1.47. The summed E-state index contributed by atoms with van der Waals surface area (Å²) in [5.74, 6) is -0.828. The van der Waals surface area contributed by atoms with E-state index in [1.807, 2.05) is 60.7 Å². The molecule has 8 heteroatoms. The van der Waals surface area contributed by atoms with Gasteiger partial charge in [-0.05, 0) is 24.3 Å². The van der Waals surface area contributed by atoms with E-state index in [0.717, 1.165) is 11.1 Å². The lowest BCUT2D eigenvalue weighted by molar-refractivity contribution is -0.384. The van der Waals surface area contributed by atoms with Crippen LogP contribution in [0.4, 0.5) is 5.69 Å². The third kappa shape index (κ3) is 4.02. The van der Waals surface area contributed by atoms with Crippen LogP contribution in [0.2, 0.25) is 0 Å². The van der Waals surface area contributed by atoms with Gasteiger partial charge in [0.05, 0.1) is 17.6 Å². The van der Waals surface area contributed by atoms with Crippen LogP contribution >= 0.6 is 0 Å². The maximum absolute atomic E-state index is 12.9. The Labute approximate surface area is 200 Å². The molecule has 0 fully saturated rings. The Morgan fingerprint density at radius 3 is 2.00 bits per heavy atom. The summed E-state index contributed by atoms with van der Waals surface area (Å²) in [6.07, 6.45) is 0. The number of rotatable bonds is 6. The van der Waals surface area contributed by atoms with Crippen molar-refractivity contribution in [1.82, 2.24) is 0 Å². The number of carbonyl (C=O) groups is 1. The predicted octanol–water partition coefficient (Wildman–Crippen LogP) is 5.50. The second kappa shape index (κ2) is 8.83. The number of fused-ring (bicyclic) bond motifs is 1. The summed E-state index contributed by atoms with van der Waals surface area (Å²) in [5, 5.41) is 10.9. The number of esters is 1. The average molecular weight is 469 g/mol. The molecule has 8 nitrogen and oxygen atoms in total. The van der Waals surface area contributed by atoms with Gasteiger partial charge in [-0.2, -0.15) is 0 Å². The van der Waals surface area contributed by atoms with E-state index >= 15 is 0 Å². The van der Waals surface area contributed by atoms with Gasteiger partial charge in [-0.25, -0.2) is 4.79 Å². The van der Waals surface area contributed by atoms with Crippen molar-refractivity contribution < 1.29 is 28.7 Å². The van der Waals surface area contributed by atoms with Gasteiger partial charge in [-0.3, -0.25) is 10.1 Å². The van der Waals surface area contributed by atoms with E-state index in [4.69, 9.17) is 18.9 Å². The largest absolute Gasteiger partial charge is 0.493 e. The highest BCUT2D eigenvalue weighted by Crippen LogP contribution is 2.52. The molecular formula is C27H19NO7. The van der Waals surface area contributed by atoms with Crippen molar-refractivity contribution in [2.75, 3.05) is 7.11 Å². The standard InChI is InChI=1S/C27H19NO7/c1-32-23-16-18(26(29)33-22-14-12-21(13-15-22)28(30)31)17-24-25(23)35-27(34-24,19-8-4-2-5-9-19)20-10-6-3-7-11-20/h2-17H,1H3. The predicted molar refractivity (Wildman–Crippen MR) is 126 cm³/mol. The highest BCUT2D eigenvalue weighted by Gasteiger charge is 2.47. The first-order chi connectivity index (χ1) is 17.0. The first kappa shape index (κ1) is 22.0. The van der Waals surface area contributed by atoms with Gasteiger partial charge in [0.15, 0.2) is 11.5 Å². The fraction of sp³-hybridized carbons (Fsp3) is 0.0741. The minimum atomic E-state index is -1.28. The van der Waals surface area contributed by atoms with Crippen molar-refractivity contribution in [1.29, 1.82) is 0 Å². The lowest BCUT2D eigenvalue weighted by Crippen LogP contribution is -2.36. The van der Waals surface area contributed by atoms with Gasteiger partial charge in [-0.15, -0.1) is 0 Å². The highest BCUT2D eigenvalue weighted by atomic mass is 16.7. The summed E-state index contributed by atoms with van der Waals surface area (Å²) >= 11 is 0. The monoisotopic (exact) mass is 469 g/mol. The van der Waals surface area contributed by atoms with E-state index < -0.39 is 16.7 Å². The van der Waals surface area contributed by atoms with E-state index in [-0.39, 0.29) is 17.0 Å². The summed E-state index contributed by atoms with van der Waals surface area (Å²) in [6.45, 7) is 0. The van der Waals surface area contributed by atoms with E-state index in [1.54, 1.807) is 0 Å². The Morgan fingerprint density at radius 2 is 1.46 bits per heavy atom. The summed E-state index contributed by atoms with van der Waals surface area (Å²) in [5.41, 5.74) is 1.59. The molecule has 5 rings (SSSR count). The quantitative estimate of drug-likeness (QED) is 0.159. The molecule has 0 atom stereocenters. The molecule has 0 N–H and O–H groups in total. The number of nitro benzene ring substituents is 1. The van der Waals surface area contributed by atoms with Crippen molar-refractivity contribution in [2.45, 2.75) is 5.79 Å². The molecule has 0 aliphatic carbocycles. The minimum absolute atomic E-state index is 0.104. The molecule has 35 heavy (non-hydrogen) atoms. The molecule has 0 radical (unpaired) electrons. The zero-order chi connectivity index (χ0) is 24.4. The van der Waals surface area contributed by atoms with Gasteiger partial charge in [0, 0.05) is 23.3 Å². The second-order valence-corrected chi connectivity index (χ2v) is 7.70. The van der Waals surface area contributed by atoms with Gasteiger partial charge < -0.3 is 18.9 Å². The fourth-order valence-corrected chi connectivity index (χ4v) is 3.86. The van der Waals surface area contributed by atoms with Gasteiger partial charge in [-0.1, -0.05) is 60.7 Å². The average Bonchev–Trinajstić information content (AvgIpc) is 3.30. The number of hydrogen-bond donors (Lipinski definition) is 0. The molecule has 4 aromatic carbocycles. The molecule has 0 spiro atoms. The Bertz CT molecular complexity index is 1350. The highest BCUT2D eigenvalue weighted by molar-refractivity contribution is 5.93. The van der Waals surface area contributed by atoms with Crippen LogP contribution in [0.25, 0.3) is 0 Å². The summed E-state index contributed by atoms with van der Waals surface area (Å²) in [4.78, 5) is 23.2. The molecule has 0 unspecified atom stereocenters. The number of methoxy groups -OCH3 is 1. The number of non-ortho nitro benzene ring substituents is 1. The number of nitro groups is 1. The van der Waals surface area contributed by atoms with Crippen LogP contribution in [0.5, 0.6) is 23.0 Å². The third-order valence-electron chi connectivity index (χ3n) is 5.54. The molecule has 1 aliphatic rings. The Balaban J connectivity index is 1.51. The van der Waals surface area contributed by atoms with Crippen LogP contribution in [-0.2, 0) is 5.79 Å². The number of nitrogens with zero attached hydrogens (tertiary/aromatic N) is 1. The van der Waals surface area contributed by atoms with Crippen LogP contribution in [-0.4, -0.2) is 18.0 Å². The molecule has 0 saturated heterocycles. The van der Waals surface area contributed by atoms with Crippen LogP contribution in [0, 0.1) is 10.1 Å². The zero-order valence-corrected chi connectivity index (χ0v) is 18.5. The molecule has 1 heterocycles. The van der Waals surface area contributed by atoms with Gasteiger partial charge >= 0.3 is 11.8 Å². The van der Waals surface area contributed by atoms with Crippen LogP contribution in [0.1, 0.15) is 21.5 Å². The maximum atomic E-state index is 12.9. The molecule has 0 bridgehead atoms. The Kier molecular flexibility index (Phi) is 5.54. The van der Waals surface area contributed by atoms with E-state index in [9.17, 15) is 14.9 Å². The lowest BCUT2D eigenvalue weighted by Gasteiger charge is -2.28. The van der Waals surface area contributed by atoms with Gasteiger partial charge in [0.1, 0.15) is 5.75 Å². The van der Waals surface area contributed by atoms with Crippen molar-refractivity contribution in [3.8, 4) is 23.0 Å². The van der Waals surface area contributed by atoms with Crippen LogP contribution < -0.4 is 18.9 Å². The normalized spacial score (nSPS) is 13.2. The van der Waals surface area contributed by atoms with Crippen molar-refractivity contribution in [3.05, 3.63) is 124 Å². The minimum Gasteiger partial charge on any atom is -0.493 e. The molecule has 1 aliphatic heterocycles. The van der Waals surface area contributed by atoms with Gasteiger partial charge in [0.25, 0.3) is 5.69 Å². The Morgan fingerprint density at radius 1 is 0.857 bits per heavy atom. The molecule has 174 valence electrons. The lowest BCUT2D eigenvalue weighted by atomic mass is 9.97. The van der Waals surface area contributed by atoms with Gasteiger partial charge in [0.2, 0.25) is 5.75 Å². The van der Waals surface area contributed by atoms with E-state index in [0.29, 0.717) is 17.2 Å². The summed E-state index contributed by atoms with van der Waals surface area (Å²) < 4.78 is 23.7. The molecule has 4 aromatic rings. The molecule has 0 amide bonds. The third-order valence-corrected chi connectivity index (χ3v) is 5.54. The molecule has 0 aromatic heterocycles. The first-order valence-corrected chi connectivity index (χ1v) is 10.7. The SMILES string of the molecule is COc1cc(C(=O)Oc2ccc([N+](=O)[O-])cc2)cc2c1OC(c1ccccc1)(c1ccccc1)O2. The fourth-order valence-electron chi connectivity index (χ4n) is 3.86. The zero-order valence-electron chi connectivity index (χ0n) is 18.5. The first-order valence-electron chi connectivity index (χ1n) is 10.7. The van der Waals surface area contributed by atoms with E-state index in [1.165, 1.54) is 43.5 Å².